The average Bonchev–Trinajstić information content (AvgIpc) is 2.06. The van der Waals surface area contributed by atoms with Gasteiger partial charge in [-0.2, -0.15) is 0 Å². The number of hydrogen-bond donors (Lipinski definition) is 1. The summed E-state index contributed by atoms with van der Waals surface area (Å²) in [7, 11) is 0. The molecular weight excluding hydrogens is 282 g/mol. The first kappa shape index (κ1) is 12.1. The summed E-state index contributed by atoms with van der Waals surface area (Å²) in [4.78, 5) is 0. The fourth-order valence-corrected chi connectivity index (χ4v) is 1.20. The number of nitrogens with two attached hydrogens (primary N) is 1. The van der Waals surface area contributed by atoms with E-state index in [0.29, 0.717) is 0 Å². The van der Waals surface area contributed by atoms with Crippen LogP contribution in [-0.4, -0.2) is 11.4 Å². The molecule has 1 rings (SSSR count). The van der Waals surface area contributed by atoms with Crippen LogP contribution in [-0.2, 0) is 6.42 Å². The highest BCUT2D eigenvalue weighted by molar-refractivity contribution is 9.09. The van der Waals surface area contributed by atoms with Gasteiger partial charge >= 0.3 is 0 Å². The van der Waals surface area contributed by atoms with Crippen LogP contribution < -0.4 is 5.73 Å². The minimum Gasteiger partial charge on any atom is -0.327 e. The number of rotatable bonds is 3. The quantitative estimate of drug-likeness (QED) is 0.852. The van der Waals surface area contributed by atoms with Crippen LogP contribution >= 0.6 is 32.9 Å². The Labute approximate surface area is 92.2 Å². The highest BCUT2D eigenvalue weighted by atomic mass is 79.9. The maximum Gasteiger partial charge on any atom is 0.0187 e. The van der Waals surface area contributed by atoms with Gasteiger partial charge in [-0.3, -0.25) is 0 Å². The summed E-state index contributed by atoms with van der Waals surface area (Å²) in [6.07, 6.45) is 0.950. The summed E-state index contributed by atoms with van der Waals surface area (Å²) in [6, 6.07) is 10.5. The van der Waals surface area contributed by atoms with E-state index in [0.717, 1.165) is 11.8 Å². The smallest absolute Gasteiger partial charge is 0.0187 e. The van der Waals surface area contributed by atoms with Crippen molar-refractivity contribution in [2.24, 2.45) is 5.73 Å². The van der Waals surface area contributed by atoms with E-state index in [1.165, 1.54) is 5.56 Å². The number of hydrogen-bond acceptors (Lipinski definition) is 1. The van der Waals surface area contributed by atoms with Crippen molar-refractivity contribution in [3.05, 3.63) is 35.9 Å². The molecule has 0 amide bonds. The molecule has 0 unspecified atom stereocenters. The van der Waals surface area contributed by atoms with Gasteiger partial charge in [0.25, 0.3) is 0 Å². The Hall–Kier alpha value is 0.140. The molecule has 0 spiro atoms. The third-order valence-corrected chi connectivity index (χ3v) is 2.37. The molecule has 0 heterocycles. The minimum absolute atomic E-state index is 0. The Kier molecular flexibility index (Phi) is 6.71. The lowest BCUT2D eigenvalue weighted by Gasteiger charge is -2.06. The minimum atomic E-state index is 0. The molecule has 0 aliphatic rings. The van der Waals surface area contributed by atoms with Crippen molar-refractivity contribution in [3.8, 4) is 0 Å². The summed E-state index contributed by atoms with van der Waals surface area (Å²) in [5.41, 5.74) is 7.06. The molecule has 1 aromatic carbocycles. The first-order valence-corrected chi connectivity index (χ1v) is 4.80. The van der Waals surface area contributed by atoms with E-state index in [4.69, 9.17) is 5.73 Å². The highest BCUT2D eigenvalue weighted by Crippen LogP contribution is 2.02. The normalized spacial score (nSPS) is 11.8. The lowest BCUT2D eigenvalue weighted by molar-refractivity contribution is 0.753. The highest BCUT2D eigenvalue weighted by Gasteiger charge is 1.99. The molecule has 0 radical (unpaired) electrons. The molecule has 3 heteroatoms. The van der Waals surface area contributed by atoms with Crippen LogP contribution in [0.1, 0.15) is 5.56 Å². The Morgan fingerprint density at radius 1 is 1.25 bits per heavy atom. The van der Waals surface area contributed by atoms with Gasteiger partial charge in [0, 0.05) is 11.4 Å². The lowest BCUT2D eigenvalue weighted by Crippen LogP contribution is -2.24. The third kappa shape index (κ3) is 4.24. The van der Waals surface area contributed by atoms with Crippen LogP contribution in [0.25, 0.3) is 0 Å². The topological polar surface area (TPSA) is 26.0 Å². The number of halogens is 2. The van der Waals surface area contributed by atoms with Crippen LogP contribution in [0, 0.1) is 0 Å². The van der Waals surface area contributed by atoms with Gasteiger partial charge in [-0.05, 0) is 12.0 Å². The van der Waals surface area contributed by atoms with E-state index >= 15 is 0 Å². The summed E-state index contributed by atoms with van der Waals surface area (Å²) in [6.45, 7) is 0. The standard InChI is InChI=1S/C9H12BrN.BrH/c10-7-9(11)6-8-4-2-1-3-5-8;/h1-5,9H,6-7,11H2;1H/t9-;/m0./s1. The van der Waals surface area contributed by atoms with Crippen molar-refractivity contribution in [3.63, 3.8) is 0 Å². The SMILES string of the molecule is Br.N[C@H](CBr)Cc1ccccc1. The molecule has 2 N–H and O–H groups in total. The zero-order valence-corrected chi connectivity index (χ0v) is 10.0. The first-order valence-electron chi connectivity index (χ1n) is 3.68. The predicted molar refractivity (Wildman–Crippen MR) is 62.2 cm³/mol. The molecule has 1 atom stereocenters. The molecule has 0 saturated carbocycles. The Bertz CT molecular complexity index is 201. The lowest BCUT2D eigenvalue weighted by atomic mass is 10.1. The molecule has 1 aromatic rings. The van der Waals surface area contributed by atoms with Gasteiger partial charge in [-0.1, -0.05) is 46.3 Å². The van der Waals surface area contributed by atoms with Crippen molar-refractivity contribution < 1.29 is 0 Å². The molecule has 0 aliphatic carbocycles. The predicted octanol–water partition coefficient (Wildman–Crippen LogP) is 2.53. The molecule has 68 valence electrons. The van der Waals surface area contributed by atoms with Gasteiger partial charge in [-0.25, -0.2) is 0 Å². The summed E-state index contributed by atoms with van der Waals surface area (Å²) in [5, 5.41) is 0.863. The van der Waals surface area contributed by atoms with Gasteiger partial charge in [0.2, 0.25) is 0 Å². The van der Waals surface area contributed by atoms with Crippen molar-refractivity contribution in [2.75, 3.05) is 5.33 Å². The molecular formula is C9H13Br2N. The van der Waals surface area contributed by atoms with Gasteiger partial charge < -0.3 is 5.73 Å². The van der Waals surface area contributed by atoms with E-state index in [1.54, 1.807) is 0 Å². The van der Waals surface area contributed by atoms with E-state index < -0.39 is 0 Å². The number of benzene rings is 1. The van der Waals surface area contributed by atoms with Crippen LogP contribution in [0.15, 0.2) is 30.3 Å². The van der Waals surface area contributed by atoms with Gasteiger partial charge in [0.1, 0.15) is 0 Å². The van der Waals surface area contributed by atoms with Gasteiger partial charge in [0.15, 0.2) is 0 Å². The fraction of sp³-hybridized carbons (Fsp3) is 0.333. The van der Waals surface area contributed by atoms with Crippen molar-refractivity contribution in [1.29, 1.82) is 0 Å². The summed E-state index contributed by atoms with van der Waals surface area (Å²) in [5.74, 6) is 0. The first-order chi connectivity index (χ1) is 5.33. The second-order valence-corrected chi connectivity index (χ2v) is 3.25. The summed E-state index contributed by atoms with van der Waals surface area (Å²) < 4.78 is 0. The van der Waals surface area contributed by atoms with Crippen LogP contribution in [0.4, 0.5) is 0 Å². The van der Waals surface area contributed by atoms with Gasteiger partial charge in [-0.15, -0.1) is 17.0 Å². The monoisotopic (exact) mass is 293 g/mol. The number of alkyl halides is 1. The van der Waals surface area contributed by atoms with Crippen molar-refractivity contribution >= 4 is 32.9 Å². The molecule has 0 aliphatic heterocycles. The average molecular weight is 295 g/mol. The van der Waals surface area contributed by atoms with E-state index in [2.05, 4.69) is 28.1 Å². The Balaban J connectivity index is 0.00000121. The second kappa shape index (κ2) is 6.63. The van der Waals surface area contributed by atoms with Crippen LogP contribution in [0.3, 0.4) is 0 Å². The van der Waals surface area contributed by atoms with E-state index in [9.17, 15) is 0 Å². The second-order valence-electron chi connectivity index (χ2n) is 2.60. The van der Waals surface area contributed by atoms with Crippen LogP contribution in [0.5, 0.6) is 0 Å². The zero-order chi connectivity index (χ0) is 8.10. The maximum atomic E-state index is 5.76. The van der Waals surface area contributed by atoms with Gasteiger partial charge in [0.05, 0.1) is 0 Å². The molecule has 0 fully saturated rings. The Morgan fingerprint density at radius 2 is 1.83 bits per heavy atom. The van der Waals surface area contributed by atoms with E-state index in [-0.39, 0.29) is 23.0 Å². The molecule has 12 heavy (non-hydrogen) atoms. The van der Waals surface area contributed by atoms with E-state index in [1.807, 2.05) is 18.2 Å². The molecule has 0 saturated heterocycles. The largest absolute Gasteiger partial charge is 0.327 e. The van der Waals surface area contributed by atoms with Crippen LogP contribution in [0.2, 0.25) is 0 Å². The van der Waals surface area contributed by atoms with Crippen molar-refractivity contribution in [2.45, 2.75) is 12.5 Å². The third-order valence-electron chi connectivity index (χ3n) is 1.54. The Morgan fingerprint density at radius 3 is 2.33 bits per heavy atom. The maximum absolute atomic E-state index is 5.76. The zero-order valence-electron chi connectivity index (χ0n) is 6.74. The summed E-state index contributed by atoms with van der Waals surface area (Å²) >= 11 is 3.35. The fourth-order valence-electron chi connectivity index (χ4n) is 0.971. The molecule has 0 aromatic heterocycles. The van der Waals surface area contributed by atoms with Crippen molar-refractivity contribution in [1.82, 2.24) is 0 Å². The molecule has 1 nitrogen and oxygen atoms in total. The molecule has 0 bridgehead atoms.